The molecule has 26 heavy (non-hydrogen) atoms. The fraction of sp³-hybridized carbons (Fsp3) is 0.400. The van der Waals surface area contributed by atoms with Crippen LogP contribution in [0.3, 0.4) is 0 Å². The number of halogens is 2. The molecule has 0 radical (unpaired) electrons. The van der Waals surface area contributed by atoms with E-state index in [1.165, 1.54) is 43.7 Å². The van der Waals surface area contributed by atoms with Crippen molar-refractivity contribution in [3.63, 3.8) is 0 Å². The maximum atomic E-state index is 3.75. The minimum absolute atomic E-state index is 0. The lowest BCUT2D eigenvalue weighted by molar-refractivity contribution is 1.06. The number of aryl methyl sites for hydroxylation is 2. The molecule has 1 aliphatic heterocycles. The summed E-state index contributed by atoms with van der Waals surface area (Å²) in [5.41, 5.74) is 7.87. The Morgan fingerprint density at radius 1 is 0.731 bits per heavy atom. The van der Waals surface area contributed by atoms with Gasteiger partial charge in [0.15, 0.2) is 0 Å². The van der Waals surface area contributed by atoms with E-state index in [1.54, 1.807) is 0 Å². The lowest BCUT2D eigenvalue weighted by atomic mass is 10.1. The van der Waals surface area contributed by atoms with Gasteiger partial charge in [-0.05, 0) is 48.2 Å². The highest BCUT2D eigenvalue weighted by Gasteiger charge is 2.22. The second-order valence-corrected chi connectivity index (χ2v) is 7.76. The lowest BCUT2D eigenvalue weighted by Crippen LogP contribution is -2.13. The summed E-state index contributed by atoms with van der Waals surface area (Å²) < 4.78 is 0. The van der Waals surface area contributed by atoms with Gasteiger partial charge in [-0.25, -0.2) is 0 Å². The van der Waals surface area contributed by atoms with Crippen LogP contribution in [0.2, 0.25) is 0 Å². The third-order valence-corrected chi connectivity index (χ3v) is 5.69. The fourth-order valence-electron chi connectivity index (χ4n) is 3.08. The first-order chi connectivity index (χ1) is 11.4. The largest absolute Gasteiger partial charge is 0.378 e. The first kappa shape index (κ1) is 23.2. The highest BCUT2D eigenvalue weighted by Crippen LogP contribution is 2.49. The van der Waals surface area contributed by atoms with E-state index < -0.39 is 0 Å². The van der Waals surface area contributed by atoms with Crippen LogP contribution in [0.5, 0.6) is 0 Å². The zero-order chi connectivity index (χ0) is 17.4. The molecule has 0 bridgehead atoms. The van der Waals surface area contributed by atoms with Gasteiger partial charge >= 0.3 is 0 Å². The summed E-state index contributed by atoms with van der Waals surface area (Å²) in [4.78, 5) is 7.01. The van der Waals surface area contributed by atoms with E-state index in [2.05, 4.69) is 81.4 Å². The van der Waals surface area contributed by atoms with Crippen molar-refractivity contribution in [3.05, 3.63) is 35.4 Å². The van der Waals surface area contributed by atoms with Crippen molar-refractivity contribution in [2.45, 2.75) is 36.5 Å². The Kier molecular flexibility index (Phi) is 8.36. The maximum Gasteiger partial charge on any atom is 0.0560 e. The highest BCUT2D eigenvalue weighted by molar-refractivity contribution is 8.93. The number of hydrogen-bond acceptors (Lipinski definition) is 4. The standard InChI is InChI=1S/C20H27N3S.2BrH/c1-7-13-9-15(22(3)4)11-17-19(13)21-20-14(8-2)10-16(23(5)6)12-18(20)24-17;;/h9-12,21H,7-8H2,1-6H3;2*1H. The molecule has 6 heteroatoms. The van der Waals surface area contributed by atoms with Crippen LogP contribution in [0.1, 0.15) is 25.0 Å². The van der Waals surface area contributed by atoms with E-state index in [1.807, 2.05) is 11.8 Å². The number of fused-ring (bicyclic) bond motifs is 2. The molecule has 0 aliphatic carbocycles. The molecule has 0 atom stereocenters. The maximum absolute atomic E-state index is 3.75. The SMILES string of the molecule is Br.Br.CCc1cc(N(C)C)cc2c1Nc1c(CC)cc(N(C)C)cc1S2. The summed E-state index contributed by atoms with van der Waals surface area (Å²) in [6, 6.07) is 9.19. The molecule has 0 saturated carbocycles. The van der Waals surface area contributed by atoms with Gasteiger partial charge in [0.1, 0.15) is 0 Å². The average Bonchev–Trinajstić information content (AvgIpc) is 2.57. The Morgan fingerprint density at radius 3 is 1.42 bits per heavy atom. The number of nitrogens with zero attached hydrogens (tertiary/aromatic N) is 2. The minimum atomic E-state index is 0. The Labute approximate surface area is 183 Å². The van der Waals surface area contributed by atoms with Crippen molar-refractivity contribution in [1.82, 2.24) is 0 Å². The summed E-state index contributed by atoms with van der Waals surface area (Å²) in [7, 11) is 8.43. The van der Waals surface area contributed by atoms with Crippen molar-refractivity contribution in [1.29, 1.82) is 0 Å². The summed E-state index contributed by atoms with van der Waals surface area (Å²) in [5, 5.41) is 3.75. The Morgan fingerprint density at radius 2 is 1.12 bits per heavy atom. The summed E-state index contributed by atoms with van der Waals surface area (Å²) in [6.45, 7) is 4.46. The topological polar surface area (TPSA) is 18.5 Å². The van der Waals surface area contributed by atoms with Crippen LogP contribution >= 0.6 is 45.7 Å². The van der Waals surface area contributed by atoms with Crippen LogP contribution in [-0.4, -0.2) is 28.2 Å². The van der Waals surface area contributed by atoms with Gasteiger partial charge in [0.2, 0.25) is 0 Å². The zero-order valence-electron chi connectivity index (χ0n) is 16.3. The monoisotopic (exact) mass is 501 g/mol. The summed E-state index contributed by atoms with van der Waals surface area (Å²) in [6.07, 6.45) is 2.06. The van der Waals surface area contributed by atoms with Gasteiger partial charge in [-0.2, -0.15) is 0 Å². The first-order valence-corrected chi connectivity index (χ1v) is 9.39. The van der Waals surface area contributed by atoms with Crippen LogP contribution in [0, 0.1) is 0 Å². The molecule has 2 aromatic carbocycles. The van der Waals surface area contributed by atoms with Crippen LogP contribution in [-0.2, 0) is 12.8 Å². The molecule has 0 amide bonds. The second-order valence-electron chi connectivity index (χ2n) is 6.68. The van der Waals surface area contributed by atoms with E-state index in [0.717, 1.165) is 12.8 Å². The molecular formula is C20H29Br2N3S. The van der Waals surface area contributed by atoms with Crippen LogP contribution in [0.4, 0.5) is 22.7 Å². The molecule has 0 saturated heterocycles. The molecule has 0 aromatic heterocycles. The number of nitrogens with one attached hydrogen (secondary N) is 1. The van der Waals surface area contributed by atoms with Gasteiger partial charge in [-0.3, -0.25) is 0 Å². The predicted molar refractivity (Wildman–Crippen MR) is 128 cm³/mol. The number of benzene rings is 2. The summed E-state index contributed by atoms with van der Waals surface area (Å²) >= 11 is 1.89. The smallest absolute Gasteiger partial charge is 0.0560 e. The molecule has 1 aliphatic rings. The van der Waals surface area contributed by atoms with Crippen molar-refractivity contribution < 1.29 is 0 Å². The van der Waals surface area contributed by atoms with Crippen molar-refractivity contribution in [2.24, 2.45) is 0 Å². The summed E-state index contributed by atoms with van der Waals surface area (Å²) in [5.74, 6) is 0. The molecule has 0 spiro atoms. The average molecular weight is 503 g/mol. The molecule has 3 rings (SSSR count). The Hall–Kier alpha value is -0.850. The zero-order valence-corrected chi connectivity index (χ0v) is 20.6. The Bertz CT molecular complexity index is 713. The van der Waals surface area contributed by atoms with Gasteiger partial charge < -0.3 is 15.1 Å². The third-order valence-electron chi connectivity index (χ3n) is 4.60. The molecule has 1 heterocycles. The van der Waals surface area contributed by atoms with Gasteiger partial charge in [-0.1, -0.05) is 25.6 Å². The fourth-order valence-corrected chi connectivity index (χ4v) is 4.24. The minimum Gasteiger partial charge on any atom is -0.378 e. The number of hydrogen-bond donors (Lipinski definition) is 1. The molecule has 2 aromatic rings. The third kappa shape index (κ3) is 4.34. The van der Waals surface area contributed by atoms with E-state index >= 15 is 0 Å². The van der Waals surface area contributed by atoms with E-state index in [4.69, 9.17) is 0 Å². The van der Waals surface area contributed by atoms with Crippen molar-refractivity contribution in [2.75, 3.05) is 43.3 Å². The predicted octanol–water partition coefficient (Wildman–Crippen LogP) is 6.31. The van der Waals surface area contributed by atoms with Gasteiger partial charge in [0, 0.05) is 49.4 Å². The van der Waals surface area contributed by atoms with Gasteiger partial charge in [0.05, 0.1) is 11.4 Å². The van der Waals surface area contributed by atoms with E-state index in [0.29, 0.717) is 0 Å². The quantitative estimate of drug-likeness (QED) is 0.450. The normalized spacial score (nSPS) is 11.3. The number of rotatable bonds is 4. The van der Waals surface area contributed by atoms with Crippen molar-refractivity contribution >= 4 is 68.5 Å². The molecule has 1 N–H and O–H groups in total. The van der Waals surface area contributed by atoms with Crippen molar-refractivity contribution in [3.8, 4) is 0 Å². The Balaban J connectivity index is 0.00000169. The molecular weight excluding hydrogens is 474 g/mol. The lowest BCUT2D eigenvalue weighted by Gasteiger charge is -2.28. The molecule has 0 unspecified atom stereocenters. The van der Waals surface area contributed by atoms with Gasteiger partial charge in [0.25, 0.3) is 0 Å². The first-order valence-electron chi connectivity index (χ1n) is 8.58. The van der Waals surface area contributed by atoms with E-state index in [-0.39, 0.29) is 34.0 Å². The number of anilines is 4. The van der Waals surface area contributed by atoms with Crippen LogP contribution < -0.4 is 15.1 Å². The molecule has 144 valence electrons. The van der Waals surface area contributed by atoms with E-state index in [9.17, 15) is 0 Å². The van der Waals surface area contributed by atoms with Crippen LogP contribution in [0.25, 0.3) is 0 Å². The second kappa shape index (κ2) is 9.38. The molecule has 0 fully saturated rings. The van der Waals surface area contributed by atoms with Crippen LogP contribution in [0.15, 0.2) is 34.1 Å². The van der Waals surface area contributed by atoms with Gasteiger partial charge in [-0.15, -0.1) is 34.0 Å². The molecule has 3 nitrogen and oxygen atoms in total. The highest BCUT2D eigenvalue weighted by atomic mass is 79.9.